The number of benzene rings is 1. The topological polar surface area (TPSA) is 88.2 Å². The van der Waals surface area contributed by atoms with Gasteiger partial charge in [0.15, 0.2) is 0 Å². The molecule has 0 aliphatic heterocycles. The third-order valence-corrected chi connectivity index (χ3v) is 5.06. The van der Waals surface area contributed by atoms with Crippen LogP contribution in [0.25, 0.3) is 0 Å². The van der Waals surface area contributed by atoms with Crippen molar-refractivity contribution in [1.82, 2.24) is 9.71 Å². The third-order valence-electron chi connectivity index (χ3n) is 3.44. The Hall–Kier alpha value is -2.25. The minimum absolute atomic E-state index is 0.0212. The summed E-state index contributed by atoms with van der Waals surface area (Å²) >= 11 is 0. The van der Waals surface area contributed by atoms with E-state index < -0.39 is 10.0 Å². The molecule has 2 aromatic rings. The Balaban J connectivity index is 1.90. The van der Waals surface area contributed by atoms with Gasteiger partial charge in [0.2, 0.25) is 15.9 Å². The number of hydrogen-bond donors (Lipinski definition) is 2. The van der Waals surface area contributed by atoms with Crippen LogP contribution >= 0.6 is 0 Å². The maximum absolute atomic E-state index is 12.3. The highest BCUT2D eigenvalue weighted by Gasteiger charge is 2.16. The first-order valence-electron chi connectivity index (χ1n) is 7.57. The van der Waals surface area contributed by atoms with Crippen LogP contribution in [0.15, 0.2) is 41.4 Å². The molecule has 2 rings (SSSR count). The molecule has 2 N–H and O–H groups in total. The van der Waals surface area contributed by atoms with E-state index in [1.165, 1.54) is 0 Å². The molecule has 0 bridgehead atoms. The van der Waals surface area contributed by atoms with E-state index in [1.807, 2.05) is 26.0 Å². The van der Waals surface area contributed by atoms with Gasteiger partial charge in [-0.2, -0.15) is 0 Å². The summed E-state index contributed by atoms with van der Waals surface area (Å²) in [6, 6.07) is 8.67. The predicted molar refractivity (Wildman–Crippen MR) is 93.3 cm³/mol. The minimum Gasteiger partial charge on any atom is -0.311 e. The number of rotatable bonds is 6. The lowest BCUT2D eigenvalue weighted by molar-refractivity contribution is -0.116. The summed E-state index contributed by atoms with van der Waals surface area (Å²) in [5.41, 5.74) is 2.67. The number of aromatic nitrogens is 1. The van der Waals surface area contributed by atoms with Crippen molar-refractivity contribution < 1.29 is 13.2 Å². The molecule has 1 heterocycles. The Bertz CT molecular complexity index is 831. The smallest absolute Gasteiger partial charge is 0.240 e. The standard InChI is InChI=1S/C17H21N3O3S/c1-12-4-6-15(14(3)10-12)24(22,23)19-9-8-17(21)20-16-7-5-13(2)11-18-16/h4-7,10-11,19H,8-9H2,1-3H3,(H,18,20,21). The summed E-state index contributed by atoms with van der Waals surface area (Å²) in [5, 5.41) is 2.63. The molecule has 7 heteroatoms. The Morgan fingerprint density at radius 3 is 2.42 bits per heavy atom. The summed E-state index contributed by atoms with van der Waals surface area (Å²) in [5.74, 6) is 0.150. The van der Waals surface area contributed by atoms with E-state index >= 15 is 0 Å². The lowest BCUT2D eigenvalue weighted by Gasteiger charge is -2.10. The van der Waals surface area contributed by atoms with E-state index in [9.17, 15) is 13.2 Å². The first-order valence-corrected chi connectivity index (χ1v) is 9.06. The van der Waals surface area contributed by atoms with Crippen molar-refractivity contribution in [2.24, 2.45) is 0 Å². The van der Waals surface area contributed by atoms with Crippen LogP contribution in [0.4, 0.5) is 5.82 Å². The Morgan fingerprint density at radius 2 is 1.79 bits per heavy atom. The highest BCUT2D eigenvalue weighted by Crippen LogP contribution is 2.16. The van der Waals surface area contributed by atoms with Gasteiger partial charge in [-0.05, 0) is 44.0 Å². The van der Waals surface area contributed by atoms with Crippen molar-refractivity contribution in [2.75, 3.05) is 11.9 Å². The fraction of sp³-hybridized carbons (Fsp3) is 0.294. The number of sulfonamides is 1. The maximum atomic E-state index is 12.3. The molecule has 0 saturated heterocycles. The second-order valence-corrected chi connectivity index (χ2v) is 7.42. The van der Waals surface area contributed by atoms with Crippen LogP contribution in [0.2, 0.25) is 0 Å². The average molecular weight is 347 g/mol. The number of anilines is 1. The minimum atomic E-state index is -3.63. The zero-order valence-corrected chi connectivity index (χ0v) is 14.8. The van der Waals surface area contributed by atoms with E-state index in [0.717, 1.165) is 11.1 Å². The molecule has 0 aliphatic rings. The van der Waals surface area contributed by atoms with Crippen LogP contribution in [0.5, 0.6) is 0 Å². The van der Waals surface area contributed by atoms with Gasteiger partial charge in [0.25, 0.3) is 0 Å². The number of carbonyl (C=O) groups is 1. The van der Waals surface area contributed by atoms with E-state index in [-0.39, 0.29) is 23.8 Å². The van der Waals surface area contributed by atoms with Gasteiger partial charge in [0.05, 0.1) is 4.90 Å². The van der Waals surface area contributed by atoms with Gasteiger partial charge in [0.1, 0.15) is 5.82 Å². The molecule has 0 fully saturated rings. The van der Waals surface area contributed by atoms with Gasteiger partial charge < -0.3 is 5.32 Å². The molecule has 0 spiro atoms. The molecule has 128 valence electrons. The molecule has 0 atom stereocenters. The van der Waals surface area contributed by atoms with E-state index in [1.54, 1.807) is 31.3 Å². The molecule has 0 aliphatic carbocycles. The van der Waals surface area contributed by atoms with Crippen molar-refractivity contribution in [3.63, 3.8) is 0 Å². The molecule has 0 unspecified atom stereocenters. The zero-order valence-electron chi connectivity index (χ0n) is 14.0. The number of hydrogen-bond acceptors (Lipinski definition) is 4. The Morgan fingerprint density at radius 1 is 1.08 bits per heavy atom. The van der Waals surface area contributed by atoms with Gasteiger partial charge in [0, 0.05) is 19.2 Å². The molecule has 1 amide bonds. The number of amides is 1. The summed E-state index contributed by atoms with van der Waals surface area (Å²) < 4.78 is 27.0. The van der Waals surface area contributed by atoms with Gasteiger partial charge in [-0.1, -0.05) is 23.8 Å². The lowest BCUT2D eigenvalue weighted by Crippen LogP contribution is -2.28. The molecular formula is C17H21N3O3S. The van der Waals surface area contributed by atoms with Crippen LogP contribution in [0.3, 0.4) is 0 Å². The molecule has 1 aromatic carbocycles. The van der Waals surface area contributed by atoms with Gasteiger partial charge >= 0.3 is 0 Å². The molecule has 0 saturated carbocycles. The van der Waals surface area contributed by atoms with Crippen LogP contribution in [0, 0.1) is 20.8 Å². The van der Waals surface area contributed by atoms with Crippen LogP contribution in [0.1, 0.15) is 23.1 Å². The van der Waals surface area contributed by atoms with Crippen molar-refractivity contribution >= 4 is 21.7 Å². The normalized spacial score (nSPS) is 11.3. The number of carbonyl (C=O) groups excluding carboxylic acids is 1. The first kappa shape index (κ1) is 18.1. The first-order chi connectivity index (χ1) is 11.3. The highest BCUT2D eigenvalue weighted by molar-refractivity contribution is 7.89. The van der Waals surface area contributed by atoms with Crippen LogP contribution in [-0.2, 0) is 14.8 Å². The summed E-state index contributed by atoms with van der Waals surface area (Å²) in [6.45, 7) is 5.57. The monoisotopic (exact) mass is 347 g/mol. The summed E-state index contributed by atoms with van der Waals surface area (Å²) in [6.07, 6.45) is 1.68. The Kier molecular flexibility index (Phi) is 5.69. The van der Waals surface area contributed by atoms with Crippen LogP contribution in [-0.4, -0.2) is 25.9 Å². The fourth-order valence-corrected chi connectivity index (χ4v) is 3.48. The number of nitrogens with zero attached hydrogens (tertiary/aromatic N) is 1. The van der Waals surface area contributed by atoms with Gasteiger partial charge in [-0.15, -0.1) is 0 Å². The molecule has 0 radical (unpaired) electrons. The van der Waals surface area contributed by atoms with E-state index in [4.69, 9.17) is 0 Å². The number of nitrogens with one attached hydrogen (secondary N) is 2. The molecule has 1 aromatic heterocycles. The predicted octanol–water partition coefficient (Wildman–Crippen LogP) is 2.31. The maximum Gasteiger partial charge on any atom is 0.240 e. The van der Waals surface area contributed by atoms with Crippen molar-refractivity contribution in [1.29, 1.82) is 0 Å². The second-order valence-electron chi connectivity index (χ2n) is 5.69. The van der Waals surface area contributed by atoms with Crippen molar-refractivity contribution in [2.45, 2.75) is 32.1 Å². The van der Waals surface area contributed by atoms with Crippen molar-refractivity contribution in [3.8, 4) is 0 Å². The van der Waals surface area contributed by atoms with Crippen molar-refractivity contribution in [3.05, 3.63) is 53.2 Å². The average Bonchev–Trinajstić information content (AvgIpc) is 2.49. The lowest BCUT2D eigenvalue weighted by atomic mass is 10.2. The summed E-state index contributed by atoms with van der Waals surface area (Å²) in [4.78, 5) is 16.1. The third kappa shape index (κ3) is 4.87. The van der Waals surface area contributed by atoms with E-state index in [2.05, 4.69) is 15.0 Å². The second kappa shape index (κ2) is 7.55. The molecule has 24 heavy (non-hydrogen) atoms. The summed E-state index contributed by atoms with van der Waals surface area (Å²) in [7, 11) is -3.63. The number of aryl methyl sites for hydroxylation is 3. The Labute approximate surface area is 142 Å². The fourth-order valence-electron chi connectivity index (χ4n) is 2.22. The van der Waals surface area contributed by atoms with Gasteiger partial charge in [-0.25, -0.2) is 18.1 Å². The largest absolute Gasteiger partial charge is 0.311 e. The van der Waals surface area contributed by atoms with Gasteiger partial charge in [-0.3, -0.25) is 4.79 Å². The molecule has 6 nitrogen and oxygen atoms in total. The van der Waals surface area contributed by atoms with E-state index in [0.29, 0.717) is 11.4 Å². The molecular weight excluding hydrogens is 326 g/mol. The zero-order chi connectivity index (χ0) is 17.7. The SMILES string of the molecule is Cc1ccc(NC(=O)CCNS(=O)(=O)c2ccc(C)cc2C)nc1. The van der Waals surface area contributed by atoms with Crippen LogP contribution < -0.4 is 10.0 Å². The quantitative estimate of drug-likeness (QED) is 0.839. The number of pyridine rings is 1. The highest BCUT2D eigenvalue weighted by atomic mass is 32.2.